The molecule has 3 aromatic carbocycles. The average Bonchev–Trinajstić information content (AvgIpc) is 2.83. The van der Waals surface area contributed by atoms with E-state index in [0.717, 1.165) is 15.6 Å². The van der Waals surface area contributed by atoms with Gasteiger partial charge in [-0.1, -0.05) is 42.5 Å². The summed E-state index contributed by atoms with van der Waals surface area (Å²) >= 11 is 0. The largest absolute Gasteiger partial charge is 0.497 e. The van der Waals surface area contributed by atoms with Crippen molar-refractivity contribution >= 4 is 21.6 Å². The molecule has 32 heavy (non-hydrogen) atoms. The highest BCUT2D eigenvalue weighted by molar-refractivity contribution is 7.92. The molecular weight excluding hydrogens is 428 g/mol. The lowest BCUT2D eigenvalue weighted by molar-refractivity contribution is -0.119. The summed E-state index contributed by atoms with van der Waals surface area (Å²) in [5.74, 6) is 0.707. The Morgan fingerprint density at radius 3 is 2.19 bits per heavy atom. The third-order valence-electron chi connectivity index (χ3n) is 4.87. The maximum absolute atomic E-state index is 13.4. The van der Waals surface area contributed by atoms with Gasteiger partial charge in [0, 0.05) is 6.54 Å². The smallest absolute Gasteiger partial charge is 0.264 e. The Kier molecular flexibility index (Phi) is 7.72. The van der Waals surface area contributed by atoms with Gasteiger partial charge >= 0.3 is 0 Å². The SMILES string of the molecule is COc1ccc(CCNC(=O)CN(c2ccccc2OC)S(=O)(=O)c2ccccc2)cc1. The first kappa shape index (κ1) is 23.1. The summed E-state index contributed by atoms with van der Waals surface area (Å²) in [5.41, 5.74) is 1.33. The monoisotopic (exact) mass is 454 g/mol. The lowest BCUT2D eigenvalue weighted by atomic mass is 10.1. The van der Waals surface area contributed by atoms with Crippen molar-refractivity contribution in [3.8, 4) is 11.5 Å². The van der Waals surface area contributed by atoms with Gasteiger partial charge in [-0.25, -0.2) is 8.42 Å². The van der Waals surface area contributed by atoms with Crippen molar-refractivity contribution in [2.75, 3.05) is 31.6 Å². The van der Waals surface area contributed by atoms with E-state index in [2.05, 4.69) is 5.32 Å². The second kappa shape index (κ2) is 10.7. The molecule has 1 amide bonds. The number of rotatable bonds is 10. The molecule has 7 nitrogen and oxygen atoms in total. The number of carbonyl (C=O) groups excluding carboxylic acids is 1. The van der Waals surface area contributed by atoms with E-state index in [1.54, 1.807) is 49.6 Å². The van der Waals surface area contributed by atoms with Crippen molar-refractivity contribution in [1.29, 1.82) is 0 Å². The zero-order valence-electron chi connectivity index (χ0n) is 18.0. The number of hydrogen-bond donors (Lipinski definition) is 1. The van der Waals surface area contributed by atoms with Crippen LogP contribution in [0.5, 0.6) is 11.5 Å². The molecule has 0 aliphatic rings. The number of sulfonamides is 1. The fourth-order valence-corrected chi connectivity index (χ4v) is 4.63. The van der Waals surface area contributed by atoms with Crippen molar-refractivity contribution in [2.45, 2.75) is 11.3 Å². The fraction of sp³-hybridized carbons (Fsp3) is 0.208. The minimum Gasteiger partial charge on any atom is -0.497 e. The van der Waals surface area contributed by atoms with E-state index in [1.165, 1.54) is 19.2 Å². The predicted molar refractivity (Wildman–Crippen MR) is 124 cm³/mol. The number of nitrogens with one attached hydrogen (secondary N) is 1. The van der Waals surface area contributed by atoms with Crippen molar-refractivity contribution in [2.24, 2.45) is 0 Å². The Bertz CT molecular complexity index is 1130. The predicted octanol–water partition coefficient (Wildman–Crippen LogP) is 3.26. The van der Waals surface area contributed by atoms with Crippen LogP contribution in [-0.2, 0) is 21.2 Å². The van der Waals surface area contributed by atoms with Crippen LogP contribution in [0, 0.1) is 0 Å². The highest BCUT2D eigenvalue weighted by atomic mass is 32.2. The first-order valence-electron chi connectivity index (χ1n) is 10.1. The van der Waals surface area contributed by atoms with Gasteiger partial charge in [-0.2, -0.15) is 0 Å². The van der Waals surface area contributed by atoms with Crippen LogP contribution < -0.4 is 19.1 Å². The molecule has 8 heteroatoms. The van der Waals surface area contributed by atoms with Gasteiger partial charge in [0.05, 0.1) is 24.8 Å². The minimum atomic E-state index is -3.99. The summed E-state index contributed by atoms with van der Waals surface area (Å²) in [4.78, 5) is 12.8. The maximum atomic E-state index is 13.4. The van der Waals surface area contributed by atoms with Crippen molar-refractivity contribution in [1.82, 2.24) is 5.32 Å². The minimum absolute atomic E-state index is 0.0944. The summed E-state index contributed by atoms with van der Waals surface area (Å²) in [5, 5.41) is 2.80. The molecule has 0 bridgehead atoms. The van der Waals surface area contributed by atoms with Crippen LogP contribution in [0.15, 0.2) is 83.8 Å². The third kappa shape index (κ3) is 5.59. The average molecular weight is 455 g/mol. The van der Waals surface area contributed by atoms with Crippen molar-refractivity contribution < 1.29 is 22.7 Å². The summed E-state index contributed by atoms with van der Waals surface area (Å²) in [6, 6.07) is 22.3. The molecule has 0 saturated heterocycles. The number of carbonyl (C=O) groups is 1. The standard InChI is InChI=1S/C24H26N2O5S/c1-30-20-14-12-19(13-15-20)16-17-25-24(27)18-26(22-10-6-7-11-23(22)31-2)32(28,29)21-8-4-3-5-9-21/h3-15H,16-18H2,1-2H3,(H,25,27). The van der Waals surface area contributed by atoms with Gasteiger partial charge in [-0.05, 0) is 48.4 Å². The molecule has 0 aliphatic carbocycles. The first-order chi connectivity index (χ1) is 15.5. The Morgan fingerprint density at radius 1 is 0.875 bits per heavy atom. The normalized spacial score (nSPS) is 10.9. The number of anilines is 1. The van der Waals surface area contributed by atoms with Crippen LogP contribution in [0.25, 0.3) is 0 Å². The van der Waals surface area contributed by atoms with Crippen LogP contribution in [0.4, 0.5) is 5.69 Å². The highest BCUT2D eigenvalue weighted by Crippen LogP contribution is 2.32. The number of hydrogen-bond acceptors (Lipinski definition) is 5. The Hall–Kier alpha value is -3.52. The number of para-hydroxylation sites is 2. The van der Waals surface area contributed by atoms with Gasteiger partial charge in [0.2, 0.25) is 5.91 Å². The Morgan fingerprint density at radius 2 is 1.53 bits per heavy atom. The molecule has 0 spiro atoms. The fourth-order valence-electron chi connectivity index (χ4n) is 3.18. The zero-order valence-corrected chi connectivity index (χ0v) is 18.8. The van der Waals surface area contributed by atoms with Gasteiger partial charge in [-0.15, -0.1) is 0 Å². The van der Waals surface area contributed by atoms with E-state index in [0.29, 0.717) is 24.4 Å². The van der Waals surface area contributed by atoms with E-state index >= 15 is 0 Å². The summed E-state index contributed by atoms with van der Waals surface area (Å²) < 4.78 is 38.3. The number of ether oxygens (including phenoxy) is 2. The van der Waals surface area contributed by atoms with E-state index in [4.69, 9.17) is 9.47 Å². The molecule has 168 valence electrons. The second-order valence-corrected chi connectivity index (χ2v) is 8.81. The number of benzene rings is 3. The molecule has 0 atom stereocenters. The van der Waals surface area contributed by atoms with E-state index in [9.17, 15) is 13.2 Å². The maximum Gasteiger partial charge on any atom is 0.264 e. The molecule has 0 aliphatic heterocycles. The van der Waals surface area contributed by atoms with E-state index in [-0.39, 0.29) is 11.4 Å². The lowest BCUT2D eigenvalue weighted by Gasteiger charge is -2.25. The number of methoxy groups -OCH3 is 2. The van der Waals surface area contributed by atoms with Crippen molar-refractivity contribution in [3.05, 3.63) is 84.4 Å². The summed E-state index contributed by atoms with van der Waals surface area (Å²) in [6.45, 7) is -0.00345. The molecule has 0 radical (unpaired) electrons. The van der Waals surface area contributed by atoms with E-state index < -0.39 is 15.9 Å². The van der Waals surface area contributed by atoms with Gasteiger partial charge in [0.25, 0.3) is 10.0 Å². The van der Waals surface area contributed by atoms with Gasteiger partial charge in [-0.3, -0.25) is 9.10 Å². The van der Waals surface area contributed by atoms with Crippen LogP contribution in [-0.4, -0.2) is 41.6 Å². The molecule has 0 fully saturated rings. The van der Waals surface area contributed by atoms with Gasteiger partial charge in [0.15, 0.2) is 0 Å². The van der Waals surface area contributed by atoms with Crippen LogP contribution in [0.2, 0.25) is 0 Å². The molecule has 0 heterocycles. The Labute approximate surface area is 188 Å². The number of amides is 1. The quantitative estimate of drug-likeness (QED) is 0.508. The molecule has 3 aromatic rings. The molecule has 0 aromatic heterocycles. The molecule has 0 unspecified atom stereocenters. The topological polar surface area (TPSA) is 84.9 Å². The van der Waals surface area contributed by atoms with Crippen LogP contribution in [0.1, 0.15) is 5.56 Å². The summed E-state index contributed by atoms with van der Waals surface area (Å²) in [6.07, 6.45) is 0.607. The molecule has 3 rings (SSSR count). The summed E-state index contributed by atoms with van der Waals surface area (Å²) in [7, 11) is -0.925. The highest BCUT2D eigenvalue weighted by Gasteiger charge is 2.29. The molecular formula is C24H26N2O5S. The molecule has 1 N–H and O–H groups in total. The number of nitrogens with zero attached hydrogens (tertiary/aromatic N) is 1. The second-order valence-electron chi connectivity index (χ2n) is 6.94. The zero-order chi connectivity index (χ0) is 23.0. The van der Waals surface area contributed by atoms with Gasteiger partial charge in [0.1, 0.15) is 18.0 Å². The Balaban J connectivity index is 1.77. The molecule has 0 saturated carbocycles. The van der Waals surface area contributed by atoms with Crippen LogP contribution in [0.3, 0.4) is 0 Å². The van der Waals surface area contributed by atoms with Crippen LogP contribution >= 0.6 is 0 Å². The van der Waals surface area contributed by atoms with Crippen molar-refractivity contribution in [3.63, 3.8) is 0 Å². The lowest BCUT2D eigenvalue weighted by Crippen LogP contribution is -2.41. The van der Waals surface area contributed by atoms with E-state index in [1.807, 2.05) is 24.3 Å². The van der Waals surface area contributed by atoms with Gasteiger partial charge < -0.3 is 14.8 Å². The first-order valence-corrected chi connectivity index (χ1v) is 11.5. The third-order valence-corrected chi connectivity index (χ3v) is 6.64.